The molecule has 0 atom stereocenters. The second-order valence-corrected chi connectivity index (χ2v) is 4.49. The summed E-state index contributed by atoms with van der Waals surface area (Å²) in [6, 6.07) is 10.1. The number of hydrogen-bond donors (Lipinski definition) is 1. The molecule has 0 aliphatic carbocycles. The number of aromatic amines is 1. The number of nitrogens with zero attached hydrogens (tertiary/aromatic N) is 2. The maximum absolute atomic E-state index is 5.28. The van der Waals surface area contributed by atoms with Crippen LogP contribution in [-0.4, -0.2) is 22.1 Å². The predicted octanol–water partition coefficient (Wildman–Crippen LogP) is 3.27. The van der Waals surface area contributed by atoms with E-state index in [2.05, 4.69) is 21.0 Å². The van der Waals surface area contributed by atoms with E-state index in [4.69, 9.17) is 4.74 Å². The van der Waals surface area contributed by atoms with Crippen LogP contribution in [-0.2, 0) is 0 Å². The monoisotopic (exact) mass is 249 g/mol. The average Bonchev–Trinajstić information content (AvgIpc) is 2.81. The van der Waals surface area contributed by atoms with Crippen LogP contribution < -0.4 is 4.74 Å². The Labute approximate surface area is 109 Å². The fourth-order valence-electron chi connectivity index (χ4n) is 2.43. The fraction of sp³-hybridized carbons (Fsp3) is 0.0667. The van der Waals surface area contributed by atoms with Gasteiger partial charge in [0.1, 0.15) is 11.4 Å². The van der Waals surface area contributed by atoms with Crippen molar-refractivity contribution in [3.05, 3.63) is 42.7 Å². The summed E-state index contributed by atoms with van der Waals surface area (Å²) in [5.41, 5.74) is 2.84. The summed E-state index contributed by atoms with van der Waals surface area (Å²) in [6.45, 7) is 0. The summed E-state index contributed by atoms with van der Waals surface area (Å²) in [7, 11) is 1.68. The van der Waals surface area contributed by atoms with Gasteiger partial charge < -0.3 is 9.72 Å². The maximum Gasteiger partial charge on any atom is 0.139 e. The Balaban J connectivity index is 2.17. The van der Waals surface area contributed by atoms with Crippen molar-refractivity contribution in [3.8, 4) is 5.75 Å². The van der Waals surface area contributed by atoms with Gasteiger partial charge in [-0.2, -0.15) is 0 Å². The summed E-state index contributed by atoms with van der Waals surface area (Å²) < 4.78 is 5.28. The van der Waals surface area contributed by atoms with Crippen molar-refractivity contribution in [2.45, 2.75) is 0 Å². The first-order valence-electron chi connectivity index (χ1n) is 6.05. The number of benzene rings is 1. The van der Waals surface area contributed by atoms with Gasteiger partial charge in [0, 0.05) is 27.9 Å². The summed E-state index contributed by atoms with van der Waals surface area (Å²) in [6.07, 6.45) is 3.56. The van der Waals surface area contributed by atoms with Gasteiger partial charge in [0.05, 0.1) is 18.8 Å². The molecule has 0 saturated carbocycles. The molecule has 3 heterocycles. The Bertz CT molecular complexity index is 911. The van der Waals surface area contributed by atoms with Crippen molar-refractivity contribution in [1.82, 2.24) is 15.0 Å². The summed E-state index contributed by atoms with van der Waals surface area (Å²) in [5, 5.41) is 3.32. The quantitative estimate of drug-likeness (QED) is 0.563. The van der Waals surface area contributed by atoms with Crippen molar-refractivity contribution < 1.29 is 4.74 Å². The summed E-state index contributed by atoms with van der Waals surface area (Å²) in [5.74, 6) is 0.850. The van der Waals surface area contributed by atoms with E-state index in [9.17, 15) is 0 Å². The van der Waals surface area contributed by atoms with Crippen LogP contribution in [0.25, 0.3) is 32.8 Å². The van der Waals surface area contributed by atoms with Crippen molar-refractivity contribution >= 4 is 32.8 Å². The fourth-order valence-corrected chi connectivity index (χ4v) is 2.43. The molecule has 4 nitrogen and oxygen atoms in total. The second kappa shape index (κ2) is 3.68. The summed E-state index contributed by atoms with van der Waals surface area (Å²) in [4.78, 5) is 12.0. The largest absolute Gasteiger partial charge is 0.497 e. The highest BCUT2D eigenvalue weighted by molar-refractivity contribution is 6.09. The van der Waals surface area contributed by atoms with Crippen LogP contribution in [0.2, 0.25) is 0 Å². The molecule has 0 aliphatic rings. The topological polar surface area (TPSA) is 50.8 Å². The lowest BCUT2D eigenvalue weighted by Gasteiger charge is -1.99. The van der Waals surface area contributed by atoms with Crippen molar-refractivity contribution in [2.24, 2.45) is 0 Å². The number of nitrogens with one attached hydrogen (secondary N) is 1. The van der Waals surface area contributed by atoms with E-state index in [1.54, 1.807) is 19.5 Å². The van der Waals surface area contributed by atoms with Crippen LogP contribution in [0.5, 0.6) is 5.75 Å². The lowest BCUT2D eigenvalue weighted by molar-refractivity contribution is 0.415. The number of ether oxygens (including phenoxy) is 1. The Kier molecular flexibility index (Phi) is 2.00. The van der Waals surface area contributed by atoms with Gasteiger partial charge in [-0.25, -0.2) is 4.98 Å². The molecule has 3 aromatic heterocycles. The highest BCUT2D eigenvalue weighted by Crippen LogP contribution is 2.29. The zero-order chi connectivity index (χ0) is 12.8. The Morgan fingerprint density at radius 2 is 2.05 bits per heavy atom. The smallest absolute Gasteiger partial charge is 0.139 e. The van der Waals surface area contributed by atoms with Gasteiger partial charge in [0.15, 0.2) is 0 Å². The van der Waals surface area contributed by atoms with Gasteiger partial charge in [-0.05, 0) is 30.3 Å². The first kappa shape index (κ1) is 10.3. The molecule has 19 heavy (non-hydrogen) atoms. The van der Waals surface area contributed by atoms with E-state index in [0.29, 0.717) is 0 Å². The molecular weight excluding hydrogens is 238 g/mol. The molecule has 0 bridgehead atoms. The molecule has 0 aliphatic heterocycles. The van der Waals surface area contributed by atoms with E-state index in [1.807, 2.05) is 24.3 Å². The molecule has 1 N–H and O–H groups in total. The van der Waals surface area contributed by atoms with Gasteiger partial charge in [-0.3, -0.25) is 4.98 Å². The normalized spacial score (nSPS) is 11.4. The lowest BCUT2D eigenvalue weighted by Crippen LogP contribution is -1.82. The third-order valence-corrected chi connectivity index (χ3v) is 3.39. The van der Waals surface area contributed by atoms with Crippen molar-refractivity contribution in [2.75, 3.05) is 7.11 Å². The van der Waals surface area contributed by atoms with Crippen LogP contribution in [0.3, 0.4) is 0 Å². The van der Waals surface area contributed by atoms with Crippen LogP contribution >= 0.6 is 0 Å². The number of hydrogen-bond acceptors (Lipinski definition) is 3. The number of pyridine rings is 2. The molecule has 0 spiro atoms. The average molecular weight is 249 g/mol. The predicted molar refractivity (Wildman–Crippen MR) is 75.5 cm³/mol. The van der Waals surface area contributed by atoms with Crippen LogP contribution in [0.4, 0.5) is 0 Å². The highest BCUT2D eigenvalue weighted by atomic mass is 16.5. The highest BCUT2D eigenvalue weighted by Gasteiger charge is 2.08. The van der Waals surface area contributed by atoms with Crippen LogP contribution in [0, 0.1) is 0 Å². The molecule has 0 fully saturated rings. The third-order valence-electron chi connectivity index (χ3n) is 3.39. The number of methoxy groups -OCH3 is 1. The molecule has 0 unspecified atom stereocenters. The molecule has 0 radical (unpaired) electrons. The molecule has 4 heteroatoms. The SMILES string of the molecule is COc1ccc2[nH]c3nc4cnccc4cc3c2c1. The molecule has 4 aromatic rings. The minimum atomic E-state index is 0.850. The second-order valence-electron chi connectivity index (χ2n) is 4.49. The molecule has 92 valence electrons. The van der Waals surface area contributed by atoms with Crippen LogP contribution in [0.15, 0.2) is 42.7 Å². The zero-order valence-electron chi connectivity index (χ0n) is 10.3. The van der Waals surface area contributed by atoms with E-state index in [-0.39, 0.29) is 0 Å². The Hall–Kier alpha value is -2.62. The molecule has 1 aromatic carbocycles. The molecule has 0 amide bonds. The van der Waals surface area contributed by atoms with E-state index in [0.717, 1.165) is 38.6 Å². The minimum absolute atomic E-state index is 0.850. The maximum atomic E-state index is 5.28. The van der Waals surface area contributed by atoms with Gasteiger partial charge in [-0.1, -0.05) is 0 Å². The van der Waals surface area contributed by atoms with Gasteiger partial charge in [-0.15, -0.1) is 0 Å². The Morgan fingerprint density at radius 1 is 1.11 bits per heavy atom. The lowest BCUT2D eigenvalue weighted by atomic mass is 10.1. The molecule has 0 saturated heterocycles. The Morgan fingerprint density at radius 3 is 2.95 bits per heavy atom. The van der Waals surface area contributed by atoms with Gasteiger partial charge in [0.25, 0.3) is 0 Å². The van der Waals surface area contributed by atoms with E-state index >= 15 is 0 Å². The number of rotatable bonds is 1. The zero-order valence-corrected chi connectivity index (χ0v) is 10.3. The summed E-state index contributed by atoms with van der Waals surface area (Å²) >= 11 is 0. The van der Waals surface area contributed by atoms with E-state index < -0.39 is 0 Å². The van der Waals surface area contributed by atoms with Gasteiger partial charge >= 0.3 is 0 Å². The number of aromatic nitrogens is 3. The third kappa shape index (κ3) is 1.46. The number of H-pyrrole nitrogens is 1. The minimum Gasteiger partial charge on any atom is -0.497 e. The van der Waals surface area contributed by atoms with Crippen molar-refractivity contribution in [3.63, 3.8) is 0 Å². The van der Waals surface area contributed by atoms with Crippen LogP contribution in [0.1, 0.15) is 0 Å². The molecular formula is C15H11N3O. The van der Waals surface area contributed by atoms with E-state index in [1.165, 1.54) is 0 Å². The van der Waals surface area contributed by atoms with Gasteiger partial charge in [0.2, 0.25) is 0 Å². The standard InChI is InChI=1S/C15H11N3O/c1-19-10-2-3-13-11(7-10)12-6-9-4-5-16-8-14(9)18-15(12)17-13/h2-8H,1H3,(H,17,18). The van der Waals surface area contributed by atoms with Crippen molar-refractivity contribution in [1.29, 1.82) is 0 Å². The first-order valence-corrected chi connectivity index (χ1v) is 6.05. The number of fused-ring (bicyclic) bond motifs is 4. The first-order chi connectivity index (χ1) is 9.35. The molecule has 4 rings (SSSR count).